The molecule has 1 aliphatic rings. The lowest BCUT2D eigenvalue weighted by atomic mass is 10.1. The lowest BCUT2D eigenvalue weighted by Gasteiger charge is -2.13. The number of benzene rings is 1. The van der Waals surface area contributed by atoms with E-state index < -0.39 is 10.0 Å². The molecule has 1 atom stereocenters. The van der Waals surface area contributed by atoms with Crippen LogP contribution in [0.15, 0.2) is 29.2 Å². The summed E-state index contributed by atoms with van der Waals surface area (Å²) in [6.07, 6.45) is 5.34. The van der Waals surface area contributed by atoms with Gasteiger partial charge in [-0.15, -0.1) is 0 Å². The molecule has 2 rings (SSSR count). The summed E-state index contributed by atoms with van der Waals surface area (Å²) in [6.45, 7) is 4.91. The van der Waals surface area contributed by atoms with E-state index in [0.29, 0.717) is 10.9 Å². The fourth-order valence-corrected chi connectivity index (χ4v) is 3.65. The second kappa shape index (κ2) is 7.38. The van der Waals surface area contributed by atoms with Gasteiger partial charge in [-0.2, -0.15) is 0 Å². The van der Waals surface area contributed by atoms with Crippen molar-refractivity contribution in [2.24, 2.45) is 0 Å². The highest BCUT2D eigenvalue weighted by Gasteiger charge is 2.20. The molecule has 1 aromatic carbocycles. The van der Waals surface area contributed by atoms with Crippen molar-refractivity contribution in [3.8, 4) is 0 Å². The van der Waals surface area contributed by atoms with Crippen LogP contribution in [0.1, 0.15) is 45.1 Å². The van der Waals surface area contributed by atoms with Crippen molar-refractivity contribution in [3.63, 3.8) is 0 Å². The van der Waals surface area contributed by atoms with E-state index in [-0.39, 0.29) is 6.04 Å². The quantitative estimate of drug-likeness (QED) is 0.736. The Morgan fingerprint density at radius 1 is 1.24 bits per heavy atom. The van der Waals surface area contributed by atoms with Gasteiger partial charge in [0.05, 0.1) is 4.90 Å². The van der Waals surface area contributed by atoms with Crippen LogP contribution in [-0.2, 0) is 16.4 Å². The molecule has 5 heteroatoms. The summed E-state index contributed by atoms with van der Waals surface area (Å²) in [6, 6.07) is 7.92. The third-order valence-corrected chi connectivity index (χ3v) is 5.34. The average molecular weight is 310 g/mol. The molecule has 4 nitrogen and oxygen atoms in total. The van der Waals surface area contributed by atoms with Crippen LogP contribution in [0.4, 0.5) is 0 Å². The zero-order valence-corrected chi connectivity index (χ0v) is 13.7. The van der Waals surface area contributed by atoms with Gasteiger partial charge in [0, 0.05) is 12.1 Å². The van der Waals surface area contributed by atoms with E-state index in [9.17, 15) is 8.42 Å². The Labute approximate surface area is 128 Å². The van der Waals surface area contributed by atoms with Gasteiger partial charge in [0.25, 0.3) is 0 Å². The molecule has 1 fully saturated rings. The standard InChI is InChI=1S/C16H26N2O2S/c1-3-4-13(2)18-21(19,20)16-9-5-14(6-10-16)11-12-17-15-7-8-15/h5-6,9-10,13,15,17-18H,3-4,7-8,11-12H2,1-2H3. The summed E-state index contributed by atoms with van der Waals surface area (Å²) >= 11 is 0. The SMILES string of the molecule is CCCC(C)NS(=O)(=O)c1ccc(CCNC2CC2)cc1. The van der Waals surface area contributed by atoms with Gasteiger partial charge in [-0.1, -0.05) is 25.5 Å². The molecule has 1 aromatic rings. The smallest absolute Gasteiger partial charge is 0.240 e. The Bertz CT molecular complexity index is 536. The monoisotopic (exact) mass is 310 g/mol. The number of hydrogen-bond donors (Lipinski definition) is 2. The van der Waals surface area contributed by atoms with Crippen molar-refractivity contribution in [2.45, 2.75) is 62.9 Å². The van der Waals surface area contributed by atoms with Crippen molar-refractivity contribution in [1.82, 2.24) is 10.0 Å². The normalized spacial score (nSPS) is 16.9. The van der Waals surface area contributed by atoms with Gasteiger partial charge in [0.15, 0.2) is 0 Å². The fraction of sp³-hybridized carbons (Fsp3) is 0.625. The van der Waals surface area contributed by atoms with Gasteiger partial charge >= 0.3 is 0 Å². The summed E-state index contributed by atoms with van der Waals surface area (Å²) in [5, 5.41) is 3.46. The number of sulfonamides is 1. The molecule has 0 radical (unpaired) electrons. The Kier molecular flexibility index (Phi) is 5.79. The predicted molar refractivity (Wildman–Crippen MR) is 85.9 cm³/mol. The Morgan fingerprint density at radius 2 is 1.90 bits per heavy atom. The first-order chi connectivity index (χ1) is 10.0. The molecule has 0 aliphatic heterocycles. The van der Waals surface area contributed by atoms with E-state index in [0.717, 1.165) is 25.8 Å². The van der Waals surface area contributed by atoms with E-state index >= 15 is 0 Å². The highest BCUT2D eigenvalue weighted by molar-refractivity contribution is 7.89. The third kappa shape index (κ3) is 5.41. The van der Waals surface area contributed by atoms with Crippen molar-refractivity contribution in [3.05, 3.63) is 29.8 Å². The minimum Gasteiger partial charge on any atom is -0.314 e. The second-order valence-corrected chi connectivity index (χ2v) is 7.65. The maximum atomic E-state index is 12.2. The van der Waals surface area contributed by atoms with E-state index in [1.165, 1.54) is 18.4 Å². The molecule has 1 unspecified atom stereocenters. The second-order valence-electron chi connectivity index (χ2n) is 5.93. The molecule has 2 N–H and O–H groups in total. The largest absolute Gasteiger partial charge is 0.314 e. The first-order valence-corrected chi connectivity index (χ1v) is 9.34. The molecule has 0 amide bonds. The summed E-state index contributed by atoms with van der Waals surface area (Å²) in [5.74, 6) is 0. The Balaban J connectivity index is 1.89. The third-order valence-electron chi connectivity index (χ3n) is 3.74. The molecular formula is C16H26N2O2S. The van der Waals surface area contributed by atoms with Crippen molar-refractivity contribution < 1.29 is 8.42 Å². The maximum Gasteiger partial charge on any atom is 0.240 e. The summed E-state index contributed by atoms with van der Waals surface area (Å²) in [5.41, 5.74) is 1.17. The first-order valence-electron chi connectivity index (χ1n) is 7.86. The Hall–Kier alpha value is -0.910. The molecule has 0 aromatic heterocycles. The van der Waals surface area contributed by atoms with Crippen LogP contribution in [0.2, 0.25) is 0 Å². The first kappa shape index (κ1) is 16.5. The van der Waals surface area contributed by atoms with Gasteiger partial charge in [-0.05, 0) is 56.8 Å². The van der Waals surface area contributed by atoms with Crippen LogP contribution in [0, 0.1) is 0 Å². The van der Waals surface area contributed by atoms with E-state index in [1.54, 1.807) is 12.1 Å². The molecule has 0 saturated heterocycles. The highest BCUT2D eigenvalue weighted by atomic mass is 32.2. The van der Waals surface area contributed by atoms with Gasteiger partial charge in [0.1, 0.15) is 0 Å². The van der Waals surface area contributed by atoms with Crippen LogP contribution < -0.4 is 10.0 Å². The van der Waals surface area contributed by atoms with Crippen molar-refractivity contribution in [1.29, 1.82) is 0 Å². The average Bonchev–Trinajstić information content (AvgIpc) is 3.23. The Morgan fingerprint density at radius 3 is 2.48 bits per heavy atom. The highest BCUT2D eigenvalue weighted by Crippen LogP contribution is 2.18. The topological polar surface area (TPSA) is 58.2 Å². The summed E-state index contributed by atoms with van der Waals surface area (Å²) in [7, 11) is -3.39. The van der Waals surface area contributed by atoms with Gasteiger partial charge < -0.3 is 5.32 Å². The van der Waals surface area contributed by atoms with Crippen LogP contribution in [0.3, 0.4) is 0 Å². The van der Waals surface area contributed by atoms with E-state index in [4.69, 9.17) is 0 Å². The van der Waals surface area contributed by atoms with Gasteiger partial charge in [-0.25, -0.2) is 13.1 Å². The lowest BCUT2D eigenvalue weighted by molar-refractivity contribution is 0.544. The van der Waals surface area contributed by atoms with E-state index in [1.807, 2.05) is 19.1 Å². The molecule has 118 valence electrons. The molecule has 1 aliphatic carbocycles. The molecule has 0 bridgehead atoms. The number of nitrogens with one attached hydrogen (secondary N) is 2. The van der Waals surface area contributed by atoms with Gasteiger partial charge in [-0.3, -0.25) is 0 Å². The van der Waals surface area contributed by atoms with Crippen molar-refractivity contribution >= 4 is 10.0 Å². The zero-order chi connectivity index (χ0) is 15.3. The number of rotatable bonds is 9. The molecule has 21 heavy (non-hydrogen) atoms. The summed E-state index contributed by atoms with van der Waals surface area (Å²) < 4.78 is 27.2. The minimum absolute atomic E-state index is 0.0255. The van der Waals surface area contributed by atoms with Crippen molar-refractivity contribution in [2.75, 3.05) is 6.54 Å². The zero-order valence-electron chi connectivity index (χ0n) is 12.9. The number of hydrogen-bond acceptors (Lipinski definition) is 3. The molecular weight excluding hydrogens is 284 g/mol. The maximum absolute atomic E-state index is 12.2. The molecule has 1 saturated carbocycles. The summed E-state index contributed by atoms with van der Waals surface area (Å²) in [4.78, 5) is 0.351. The fourth-order valence-electron chi connectivity index (χ4n) is 2.37. The van der Waals surface area contributed by atoms with Crippen LogP contribution in [0.25, 0.3) is 0 Å². The lowest BCUT2D eigenvalue weighted by Crippen LogP contribution is -2.32. The van der Waals surface area contributed by atoms with Crippen LogP contribution >= 0.6 is 0 Å². The van der Waals surface area contributed by atoms with Crippen LogP contribution in [-0.4, -0.2) is 27.0 Å². The van der Waals surface area contributed by atoms with Gasteiger partial charge in [0.2, 0.25) is 10.0 Å². The molecule has 0 spiro atoms. The molecule has 0 heterocycles. The minimum atomic E-state index is -3.39. The van der Waals surface area contributed by atoms with E-state index in [2.05, 4.69) is 17.0 Å². The predicted octanol–water partition coefficient (Wildman–Crippen LogP) is 2.45. The van der Waals surface area contributed by atoms with Crippen LogP contribution in [0.5, 0.6) is 0 Å².